The Kier molecular flexibility index (Phi) is 5.78. The van der Waals surface area contributed by atoms with Gasteiger partial charge in [0.15, 0.2) is 0 Å². The van der Waals surface area contributed by atoms with Crippen LogP contribution in [-0.2, 0) is 4.79 Å². The van der Waals surface area contributed by atoms with Crippen molar-refractivity contribution in [3.8, 4) is 0 Å². The molecule has 1 saturated heterocycles. The van der Waals surface area contributed by atoms with Crippen molar-refractivity contribution >= 4 is 45.6 Å². The number of carbonyl (C=O) groups is 1. The standard InChI is InChI=1S/C16H21N3OS.ClH/c1-10(2)16-19-13-6-5-12(8-14(13)21-16)18-15(20)9-11-4-3-7-17-11;/h5-6,8,10-11,17H,3-4,7,9H2,1-2H3,(H,18,20);1H. The number of thiazole rings is 1. The lowest BCUT2D eigenvalue weighted by molar-refractivity contribution is -0.116. The molecule has 6 heteroatoms. The van der Waals surface area contributed by atoms with Gasteiger partial charge in [0, 0.05) is 24.1 Å². The molecule has 2 heterocycles. The van der Waals surface area contributed by atoms with E-state index in [0.717, 1.165) is 33.9 Å². The van der Waals surface area contributed by atoms with Gasteiger partial charge in [-0.1, -0.05) is 13.8 Å². The Hall–Kier alpha value is -1.17. The number of anilines is 1. The van der Waals surface area contributed by atoms with Gasteiger partial charge in [-0.3, -0.25) is 4.79 Å². The van der Waals surface area contributed by atoms with Crippen molar-refractivity contribution < 1.29 is 4.79 Å². The van der Waals surface area contributed by atoms with Crippen molar-refractivity contribution in [3.05, 3.63) is 23.2 Å². The summed E-state index contributed by atoms with van der Waals surface area (Å²) in [5, 5.41) is 7.49. The molecule has 22 heavy (non-hydrogen) atoms. The third-order valence-corrected chi connectivity index (χ3v) is 5.10. The Morgan fingerprint density at radius 3 is 3.00 bits per heavy atom. The Morgan fingerprint density at radius 1 is 1.50 bits per heavy atom. The molecule has 1 aliphatic rings. The van der Waals surface area contributed by atoms with Crippen molar-refractivity contribution in [2.24, 2.45) is 0 Å². The van der Waals surface area contributed by atoms with Gasteiger partial charge in [0.1, 0.15) is 0 Å². The van der Waals surface area contributed by atoms with Gasteiger partial charge in [-0.15, -0.1) is 23.7 Å². The molecule has 1 unspecified atom stereocenters. The van der Waals surface area contributed by atoms with Crippen LogP contribution in [0.3, 0.4) is 0 Å². The van der Waals surface area contributed by atoms with Crippen LogP contribution in [0.1, 0.15) is 44.0 Å². The second kappa shape index (κ2) is 7.40. The largest absolute Gasteiger partial charge is 0.326 e. The van der Waals surface area contributed by atoms with Crippen LogP contribution in [-0.4, -0.2) is 23.5 Å². The van der Waals surface area contributed by atoms with E-state index in [0.29, 0.717) is 18.4 Å². The van der Waals surface area contributed by atoms with E-state index < -0.39 is 0 Å². The average Bonchev–Trinajstić information content (AvgIpc) is 3.06. The second-order valence-corrected chi connectivity index (χ2v) is 7.00. The maximum Gasteiger partial charge on any atom is 0.225 e. The van der Waals surface area contributed by atoms with Crippen molar-refractivity contribution in [2.45, 2.75) is 45.1 Å². The van der Waals surface area contributed by atoms with Crippen LogP contribution in [0.25, 0.3) is 10.2 Å². The zero-order valence-corrected chi connectivity index (χ0v) is 14.5. The molecule has 3 rings (SSSR count). The molecule has 120 valence electrons. The van der Waals surface area contributed by atoms with E-state index in [1.807, 2.05) is 18.2 Å². The van der Waals surface area contributed by atoms with Crippen LogP contribution in [0.15, 0.2) is 18.2 Å². The number of benzene rings is 1. The van der Waals surface area contributed by atoms with Gasteiger partial charge in [0.2, 0.25) is 5.91 Å². The molecule has 1 fully saturated rings. The third kappa shape index (κ3) is 3.97. The summed E-state index contributed by atoms with van der Waals surface area (Å²) in [6.07, 6.45) is 2.82. The number of amides is 1. The minimum absolute atomic E-state index is 0. The molecule has 4 nitrogen and oxygen atoms in total. The maximum atomic E-state index is 12.1. The highest BCUT2D eigenvalue weighted by Gasteiger charge is 2.17. The first-order valence-electron chi connectivity index (χ1n) is 7.55. The van der Waals surface area contributed by atoms with Crippen molar-refractivity contribution in [1.82, 2.24) is 10.3 Å². The smallest absolute Gasteiger partial charge is 0.225 e. The van der Waals surface area contributed by atoms with Gasteiger partial charge in [-0.05, 0) is 37.6 Å². The van der Waals surface area contributed by atoms with Crippen LogP contribution >= 0.6 is 23.7 Å². The quantitative estimate of drug-likeness (QED) is 0.887. The normalized spacial score (nSPS) is 17.7. The van der Waals surface area contributed by atoms with Crippen LogP contribution in [0.4, 0.5) is 5.69 Å². The number of hydrogen-bond donors (Lipinski definition) is 2. The molecular formula is C16H22ClN3OS. The highest BCUT2D eigenvalue weighted by Crippen LogP contribution is 2.29. The van der Waals surface area contributed by atoms with Gasteiger partial charge < -0.3 is 10.6 Å². The first-order valence-corrected chi connectivity index (χ1v) is 8.37. The van der Waals surface area contributed by atoms with Gasteiger partial charge in [-0.25, -0.2) is 4.98 Å². The van der Waals surface area contributed by atoms with Gasteiger partial charge >= 0.3 is 0 Å². The van der Waals surface area contributed by atoms with E-state index in [-0.39, 0.29) is 18.3 Å². The van der Waals surface area contributed by atoms with Crippen molar-refractivity contribution in [2.75, 3.05) is 11.9 Å². The Bertz CT molecular complexity index is 650. The molecule has 1 aromatic heterocycles. The highest BCUT2D eigenvalue weighted by molar-refractivity contribution is 7.18. The summed E-state index contributed by atoms with van der Waals surface area (Å²) < 4.78 is 1.13. The van der Waals surface area contributed by atoms with Gasteiger partial charge in [0.05, 0.1) is 15.2 Å². The van der Waals surface area contributed by atoms with Gasteiger partial charge in [0.25, 0.3) is 0 Å². The van der Waals surface area contributed by atoms with Crippen LogP contribution in [0.5, 0.6) is 0 Å². The number of aromatic nitrogens is 1. The van der Waals surface area contributed by atoms with E-state index in [2.05, 4.69) is 29.5 Å². The predicted molar refractivity (Wildman–Crippen MR) is 95.2 cm³/mol. The average molecular weight is 340 g/mol. The number of hydrogen-bond acceptors (Lipinski definition) is 4. The fraction of sp³-hybridized carbons (Fsp3) is 0.500. The van der Waals surface area contributed by atoms with Crippen LogP contribution < -0.4 is 10.6 Å². The molecule has 1 aliphatic heterocycles. The lowest BCUT2D eigenvalue weighted by atomic mass is 10.1. The SMILES string of the molecule is CC(C)c1nc2ccc(NC(=O)CC3CCCN3)cc2s1.Cl. The molecule has 0 radical (unpaired) electrons. The summed E-state index contributed by atoms with van der Waals surface area (Å²) in [5.41, 5.74) is 1.88. The minimum Gasteiger partial charge on any atom is -0.326 e. The number of nitrogens with one attached hydrogen (secondary N) is 2. The van der Waals surface area contributed by atoms with E-state index in [4.69, 9.17) is 0 Å². The zero-order chi connectivity index (χ0) is 14.8. The van der Waals surface area contributed by atoms with E-state index in [1.54, 1.807) is 11.3 Å². The lowest BCUT2D eigenvalue weighted by Gasteiger charge is -2.10. The van der Waals surface area contributed by atoms with E-state index >= 15 is 0 Å². The predicted octanol–water partition coefficient (Wildman–Crippen LogP) is 3.92. The lowest BCUT2D eigenvalue weighted by Crippen LogP contribution is -2.27. The fourth-order valence-electron chi connectivity index (χ4n) is 2.63. The summed E-state index contributed by atoms with van der Waals surface area (Å²) in [6, 6.07) is 6.29. The molecule has 0 spiro atoms. The molecule has 2 N–H and O–H groups in total. The number of nitrogens with zero attached hydrogens (tertiary/aromatic N) is 1. The number of halogens is 1. The third-order valence-electron chi connectivity index (χ3n) is 3.78. The number of rotatable bonds is 4. The highest BCUT2D eigenvalue weighted by atomic mass is 35.5. The zero-order valence-electron chi connectivity index (χ0n) is 12.9. The van der Waals surface area contributed by atoms with Crippen molar-refractivity contribution in [3.63, 3.8) is 0 Å². The topological polar surface area (TPSA) is 54.0 Å². The molecule has 1 amide bonds. The molecule has 1 aromatic carbocycles. The number of fused-ring (bicyclic) bond motifs is 1. The first-order chi connectivity index (χ1) is 10.1. The van der Waals surface area contributed by atoms with E-state index in [1.165, 1.54) is 6.42 Å². The molecule has 1 atom stereocenters. The molecule has 0 bridgehead atoms. The molecule has 0 saturated carbocycles. The molecular weight excluding hydrogens is 318 g/mol. The summed E-state index contributed by atoms with van der Waals surface area (Å²) in [4.78, 5) is 16.7. The minimum atomic E-state index is 0. The summed E-state index contributed by atoms with van der Waals surface area (Å²) >= 11 is 1.70. The first kappa shape index (κ1) is 17.2. The summed E-state index contributed by atoms with van der Waals surface area (Å²) in [5.74, 6) is 0.524. The second-order valence-electron chi connectivity index (χ2n) is 5.93. The monoisotopic (exact) mass is 339 g/mol. The van der Waals surface area contributed by atoms with Crippen LogP contribution in [0.2, 0.25) is 0 Å². The molecule has 0 aliphatic carbocycles. The van der Waals surface area contributed by atoms with Crippen molar-refractivity contribution in [1.29, 1.82) is 0 Å². The maximum absolute atomic E-state index is 12.1. The Balaban J connectivity index is 0.00000176. The Morgan fingerprint density at radius 2 is 2.32 bits per heavy atom. The summed E-state index contributed by atoms with van der Waals surface area (Å²) in [6.45, 7) is 5.33. The van der Waals surface area contributed by atoms with E-state index in [9.17, 15) is 4.79 Å². The fourth-order valence-corrected chi connectivity index (χ4v) is 3.64. The molecule has 2 aromatic rings. The summed E-state index contributed by atoms with van der Waals surface area (Å²) in [7, 11) is 0. The van der Waals surface area contributed by atoms with Gasteiger partial charge in [-0.2, -0.15) is 0 Å². The number of carbonyl (C=O) groups excluding carboxylic acids is 1. The van der Waals surface area contributed by atoms with Crippen LogP contribution in [0, 0.1) is 0 Å². The Labute approximate surface area is 141 Å².